The largest absolute Gasteiger partial charge is 0.338 e. The van der Waals surface area contributed by atoms with Crippen molar-refractivity contribution in [3.05, 3.63) is 84.2 Å². The number of nitrogens with zero attached hydrogens (tertiary/aromatic N) is 7. The summed E-state index contributed by atoms with van der Waals surface area (Å²) in [7, 11) is 1.99. The second-order valence-electron chi connectivity index (χ2n) is 8.22. The molecular weight excluding hydrogens is 431 g/mol. The second-order valence-corrected chi connectivity index (χ2v) is 8.22. The monoisotopic (exact) mass is 454 g/mol. The summed E-state index contributed by atoms with van der Waals surface area (Å²) >= 11 is 0. The molecule has 5 aromatic rings. The van der Waals surface area contributed by atoms with Crippen LogP contribution in [-0.4, -0.2) is 42.9 Å². The average molecular weight is 455 g/mol. The molecule has 5 rings (SSSR count). The summed E-state index contributed by atoms with van der Waals surface area (Å²) in [4.78, 5) is 6.59. The van der Waals surface area contributed by atoms with Gasteiger partial charge >= 0.3 is 0 Å². The molecule has 0 radical (unpaired) electrons. The third kappa shape index (κ3) is 4.44. The molecule has 9 heteroatoms. The van der Waals surface area contributed by atoms with Gasteiger partial charge in [-0.2, -0.15) is 15.5 Å². The lowest BCUT2D eigenvalue weighted by Gasteiger charge is -2.15. The van der Waals surface area contributed by atoms with Crippen molar-refractivity contribution < 1.29 is 4.39 Å². The number of benzene rings is 2. The van der Waals surface area contributed by atoms with Crippen molar-refractivity contribution in [2.45, 2.75) is 19.5 Å². The highest BCUT2D eigenvalue weighted by Gasteiger charge is 2.13. The van der Waals surface area contributed by atoms with Crippen molar-refractivity contribution >= 4 is 27.9 Å². The maximum Gasteiger partial charge on any atom is 0.158 e. The predicted molar refractivity (Wildman–Crippen MR) is 128 cm³/mol. The van der Waals surface area contributed by atoms with E-state index in [1.165, 1.54) is 18.5 Å². The third-order valence-electron chi connectivity index (χ3n) is 5.71. The molecule has 0 bridgehead atoms. The number of anilines is 2. The minimum atomic E-state index is -0.252. The molecular formula is C25H23FN8. The molecule has 0 spiro atoms. The number of fused-ring (bicyclic) bond motifs is 2. The van der Waals surface area contributed by atoms with E-state index in [1.807, 2.05) is 54.5 Å². The van der Waals surface area contributed by atoms with Crippen molar-refractivity contribution in [1.82, 2.24) is 29.3 Å². The maximum atomic E-state index is 13.5. The van der Waals surface area contributed by atoms with Gasteiger partial charge in [0.25, 0.3) is 0 Å². The Hall–Kier alpha value is -4.29. The van der Waals surface area contributed by atoms with Crippen LogP contribution in [0.4, 0.5) is 15.9 Å². The van der Waals surface area contributed by atoms with Gasteiger partial charge in [-0.3, -0.25) is 4.68 Å². The SMILES string of the molecule is CN(CCC#N)Cc1ccn2ncnc(Nc3ccc4c(cnn4Cc4cccc(F)c4)c3)c12. The Morgan fingerprint density at radius 3 is 2.91 bits per heavy atom. The minimum Gasteiger partial charge on any atom is -0.338 e. The van der Waals surface area contributed by atoms with Crippen molar-refractivity contribution in [3.63, 3.8) is 0 Å². The van der Waals surface area contributed by atoms with Crippen molar-refractivity contribution in [1.29, 1.82) is 5.26 Å². The fourth-order valence-electron chi connectivity index (χ4n) is 4.08. The van der Waals surface area contributed by atoms with E-state index in [-0.39, 0.29) is 5.82 Å². The van der Waals surface area contributed by atoms with Crippen LogP contribution in [0.15, 0.2) is 67.3 Å². The molecule has 170 valence electrons. The van der Waals surface area contributed by atoms with E-state index in [9.17, 15) is 4.39 Å². The molecule has 3 heterocycles. The zero-order valence-electron chi connectivity index (χ0n) is 18.7. The first-order chi connectivity index (χ1) is 16.6. The van der Waals surface area contributed by atoms with E-state index in [4.69, 9.17) is 5.26 Å². The van der Waals surface area contributed by atoms with Gasteiger partial charge in [0.15, 0.2) is 5.82 Å². The Morgan fingerprint density at radius 1 is 1.15 bits per heavy atom. The topological polar surface area (TPSA) is 87.1 Å². The summed E-state index contributed by atoms with van der Waals surface area (Å²) in [6.45, 7) is 1.88. The standard InChI is InChI=1S/C25H23FN8/c1-32(10-3-9-27)16-19-8-11-33-24(19)25(28-17-30-33)31-22-6-7-23-20(13-22)14-29-34(23)15-18-4-2-5-21(26)12-18/h2,4-8,11-14,17H,3,10,15-16H2,1H3,(H,28,30,31). The van der Waals surface area contributed by atoms with Crippen LogP contribution >= 0.6 is 0 Å². The Labute approximate surface area is 195 Å². The van der Waals surface area contributed by atoms with E-state index < -0.39 is 0 Å². The molecule has 0 amide bonds. The summed E-state index contributed by atoms with van der Waals surface area (Å²) in [5.41, 5.74) is 4.67. The molecule has 0 atom stereocenters. The fraction of sp³-hybridized carbons (Fsp3) is 0.200. The number of rotatable bonds is 8. The molecule has 0 aliphatic rings. The first kappa shape index (κ1) is 21.6. The van der Waals surface area contributed by atoms with Crippen LogP contribution in [0.5, 0.6) is 0 Å². The van der Waals surface area contributed by atoms with Crippen LogP contribution in [0.1, 0.15) is 17.5 Å². The molecule has 0 aliphatic carbocycles. The van der Waals surface area contributed by atoms with E-state index in [2.05, 4.69) is 31.5 Å². The Balaban J connectivity index is 1.40. The van der Waals surface area contributed by atoms with E-state index >= 15 is 0 Å². The highest BCUT2D eigenvalue weighted by molar-refractivity contribution is 5.85. The summed E-state index contributed by atoms with van der Waals surface area (Å²) in [5.74, 6) is 0.452. The maximum absolute atomic E-state index is 13.5. The molecule has 0 fully saturated rings. The summed E-state index contributed by atoms with van der Waals surface area (Å²) < 4.78 is 17.2. The lowest BCUT2D eigenvalue weighted by atomic mass is 10.2. The van der Waals surface area contributed by atoms with Gasteiger partial charge in [-0.1, -0.05) is 12.1 Å². The average Bonchev–Trinajstić information content (AvgIpc) is 3.42. The molecule has 2 aromatic carbocycles. The van der Waals surface area contributed by atoms with Crippen LogP contribution in [0.25, 0.3) is 16.4 Å². The predicted octanol–water partition coefficient (Wildman–Crippen LogP) is 4.36. The Bertz CT molecular complexity index is 1500. The highest BCUT2D eigenvalue weighted by atomic mass is 19.1. The van der Waals surface area contributed by atoms with Crippen molar-refractivity contribution in [3.8, 4) is 6.07 Å². The first-order valence-corrected chi connectivity index (χ1v) is 10.9. The van der Waals surface area contributed by atoms with Gasteiger partial charge in [-0.25, -0.2) is 13.9 Å². The third-order valence-corrected chi connectivity index (χ3v) is 5.71. The van der Waals surface area contributed by atoms with Crippen LogP contribution in [0.2, 0.25) is 0 Å². The number of nitrogens with one attached hydrogen (secondary N) is 1. The zero-order chi connectivity index (χ0) is 23.5. The lowest BCUT2D eigenvalue weighted by molar-refractivity contribution is 0.336. The van der Waals surface area contributed by atoms with Gasteiger partial charge in [0.05, 0.1) is 24.3 Å². The number of nitriles is 1. The molecule has 3 aromatic heterocycles. The number of halogens is 1. The van der Waals surface area contributed by atoms with Gasteiger partial charge in [-0.15, -0.1) is 0 Å². The molecule has 1 N–H and O–H groups in total. The van der Waals surface area contributed by atoms with E-state index in [1.54, 1.807) is 10.6 Å². The van der Waals surface area contributed by atoms with Crippen LogP contribution < -0.4 is 5.32 Å². The van der Waals surface area contributed by atoms with Gasteiger partial charge in [-0.05, 0) is 54.6 Å². The van der Waals surface area contributed by atoms with Crippen LogP contribution in [0, 0.1) is 17.1 Å². The normalized spacial score (nSPS) is 11.4. The van der Waals surface area contributed by atoms with Crippen LogP contribution in [0.3, 0.4) is 0 Å². The summed E-state index contributed by atoms with van der Waals surface area (Å²) in [6.07, 6.45) is 5.72. The number of hydrogen-bond donors (Lipinski definition) is 1. The van der Waals surface area contributed by atoms with Crippen molar-refractivity contribution in [2.24, 2.45) is 0 Å². The molecule has 0 saturated carbocycles. The molecule has 0 unspecified atom stereocenters. The van der Waals surface area contributed by atoms with Gasteiger partial charge in [0, 0.05) is 36.8 Å². The van der Waals surface area contributed by atoms with Gasteiger partial charge in [0.1, 0.15) is 17.7 Å². The minimum absolute atomic E-state index is 0.252. The Morgan fingerprint density at radius 2 is 2.06 bits per heavy atom. The zero-order valence-corrected chi connectivity index (χ0v) is 18.7. The van der Waals surface area contributed by atoms with E-state index in [0.29, 0.717) is 31.9 Å². The van der Waals surface area contributed by atoms with Crippen LogP contribution in [-0.2, 0) is 13.1 Å². The van der Waals surface area contributed by atoms with Gasteiger partial charge in [0.2, 0.25) is 0 Å². The quantitative estimate of drug-likeness (QED) is 0.375. The first-order valence-electron chi connectivity index (χ1n) is 10.9. The van der Waals surface area contributed by atoms with Crippen molar-refractivity contribution in [2.75, 3.05) is 18.9 Å². The fourth-order valence-corrected chi connectivity index (χ4v) is 4.08. The molecule has 8 nitrogen and oxygen atoms in total. The molecule has 0 aliphatic heterocycles. The summed E-state index contributed by atoms with van der Waals surface area (Å²) in [5, 5.41) is 22.1. The smallest absolute Gasteiger partial charge is 0.158 e. The Kier molecular flexibility index (Phi) is 5.89. The number of hydrogen-bond acceptors (Lipinski definition) is 6. The molecule has 34 heavy (non-hydrogen) atoms. The van der Waals surface area contributed by atoms with E-state index in [0.717, 1.165) is 33.2 Å². The molecule has 0 saturated heterocycles. The highest BCUT2D eigenvalue weighted by Crippen LogP contribution is 2.26. The number of aromatic nitrogens is 5. The lowest BCUT2D eigenvalue weighted by Crippen LogP contribution is -2.18. The van der Waals surface area contributed by atoms with Gasteiger partial charge < -0.3 is 10.2 Å². The second kappa shape index (κ2) is 9.29. The summed E-state index contributed by atoms with van der Waals surface area (Å²) in [6, 6.07) is 16.8.